The van der Waals surface area contributed by atoms with Crippen LogP contribution in [-0.4, -0.2) is 20.3 Å². The highest BCUT2D eigenvalue weighted by molar-refractivity contribution is 7.54. The molecule has 0 aliphatic carbocycles. The number of hydrogen-bond acceptors (Lipinski definition) is 5. The molecule has 0 heterocycles. The molecule has 0 fully saturated rings. The van der Waals surface area contributed by atoms with E-state index in [9.17, 15) is 4.57 Å². The van der Waals surface area contributed by atoms with Gasteiger partial charge in [0.05, 0.1) is 20.3 Å². The molecule has 0 aliphatic heterocycles. The second kappa shape index (κ2) is 11.5. The molecule has 6 heteroatoms. The largest absolute Gasteiger partial charge is 0.497 e. The molecule has 1 atom stereocenters. The lowest BCUT2D eigenvalue weighted by Crippen LogP contribution is -2.24. The molecule has 29 heavy (non-hydrogen) atoms. The lowest BCUT2D eigenvalue weighted by atomic mass is 10.2. The lowest BCUT2D eigenvalue weighted by Gasteiger charge is -2.29. The molecule has 0 amide bonds. The summed E-state index contributed by atoms with van der Waals surface area (Å²) in [6.45, 7) is 9.43. The Hall–Kier alpha value is -1.65. The monoisotopic (exact) mass is 419 g/mol. The van der Waals surface area contributed by atoms with Gasteiger partial charge < -0.3 is 13.8 Å². The summed E-state index contributed by atoms with van der Waals surface area (Å²) in [5.41, 5.74) is 1.95. The van der Waals surface area contributed by atoms with Crippen molar-refractivity contribution in [3.8, 4) is 5.75 Å². The van der Waals surface area contributed by atoms with Gasteiger partial charge in [-0.15, -0.1) is 0 Å². The van der Waals surface area contributed by atoms with Crippen LogP contribution in [0.5, 0.6) is 5.75 Å². The fourth-order valence-corrected chi connectivity index (χ4v) is 4.94. The summed E-state index contributed by atoms with van der Waals surface area (Å²) in [6.07, 6.45) is 0. The van der Waals surface area contributed by atoms with Crippen molar-refractivity contribution < 1.29 is 18.3 Å². The first-order valence-electron chi connectivity index (χ1n) is 10.1. The zero-order valence-corrected chi connectivity index (χ0v) is 19.0. The van der Waals surface area contributed by atoms with Crippen LogP contribution in [-0.2, 0) is 20.2 Å². The Morgan fingerprint density at radius 3 is 1.90 bits per heavy atom. The molecule has 0 aromatic heterocycles. The van der Waals surface area contributed by atoms with Crippen molar-refractivity contribution in [2.45, 2.75) is 40.0 Å². The molecule has 0 unspecified atom stereocenters. The highest BCUT2D eigenvalue weighted by Gasteiger charge is 2.37. The Morgan fingerprint density at radius 1 is 0.862 bits per heavy atom. The van der Waals surface area contributed by atoms with Crippen LogP contribution in [0.2, 0.25) is 0 Å². The Morgan fingerprint density at radius 2 is 1.41 bits per heavy atom. The van der Waals surface area contributed by atoms with E-state index in [4.69, 9.17) is 13.8 Å². The van der Waals surface area contributed by atoms with Crippen molar-refractivity contribution in [2.24, 2.45) is 11.8 Å². The molecule has 0 spiro atoms. The quantitative estimate of drug-likeness (QED) is 0.426. The summed E-state index contributed by atoms with van der Waals surface area (Å²) in [4.78, 5) is 0. The van der Waals surface area contributed by atoms with Crippen LogP contribution in [0.4, 0.5) is 0 Å². The number of methoxy groups -OCH3 is 1. The first-order valence-corrected chi connectivity index (χ1v) is 11.7. The average molecular weight is 420 g/mol. The van der Waals surface area contributed by atoms with Gasteiger partial charge in [0.25, 0.3) is 0 Å². The highest BCUT2D eigenvalue weighted by Crippen LogP contribution is 2.60. The second-order valence-electron chi connectivity index (χ2n) is 7.96. The predicted molar refractivity (Wildman–Crippen MR) is 118 cm³/mol. The number of benzene rings is 2. The summed E-state index contributed by atoms with van der Waals surface area (Å²) in [7, 11) is -1.84. The number of ether oxygens (including phenoxy) is 1. The van der Waals surface area contributed by atoms with E-state index in [1.54, 1.807) is 7.11 Å². The van der Waals surface area contributed by atoms with Gasteiger partial charge in [0.1, 0.15) is 11.5 Å². The molecule has 0 radical (unpaired) electrons. The van der Waals surface area contributed by atoms with E-state index in [1.807, 2.05) is 82.3 Å². The minimum absolute atomic E-state index is 0.247. The second-order valence-corrected chi connectivity index (χ2v) is 10.1. The molecule has 0 bridgehead atoms. The molecule has 5 nitrogen and oxygen atoms in total. The van der Waals surface area contributed by atoms with Crippen LogP contribution in [0.25, 0.3) is 0 Å². The molecule has 2 rings (SSSR count). The van der Waals surface area contributed by atoms with Gasteiger partial charge in [-0.3, -0.25) is 9.88 Å². The number of hydrogen-bond donors (Lipinski definition) is 1. The summed E-state index contributed by atoms with van der Waals surface area (Å²) in [6, 6.07) is 17.6. The molecular formula is C23H34NO4P. The molecule has 1 N–H and O–H groups in total. The summed E-state index contributed by atoms with van der Waals surface area (Å²) in [5, 5.41) is 3.42. The molecule has 160 valence electrons. The van der Waals surface area contributed by atoms with Gasteiger partial charge in [0.15, 0.2) is 0 Å². The van der Waals surface area contributed by atoms with Gasteiger partial charge in [-0.05, 0) is 35.1 Å². The summed E-state index contributed by atoms with van der Waals surface area (Å²) < 4.78 is 31.1. The van der Waals surface area contributed by atoms with E-state index in [-0.39, 0.29) is 11.8 Å². The Balaban J connectivity index is 2.34. The van der Waals surface area contributed by atoms with Crippen LogP contribution in [0.15, 0.2) is 54.6 Å². The van der Waals surface area contributed by atoms with Gasteiger partial charge in [-0.25, -0.2) is 0 Å². The van der Waals surface area contributed by atoms with E-state index in [0.29, 0.717) is 19.8 Å². The van der Waals surface area contributed by atoms with E-state index >= 15 is 0 Å². The summed E-state index contributed by atoms with van der Waals surface area (Å²) >= 11 is 0. The van der Waals surface area contributed by atoms with Crippen LogP contribution < -0.4 is 10.1 Å². The van der Waals surface area contributed by atoms with Crippen molar-refractivity contribution in [3.63, 3.8) is 0 Å². The topological polar surface area (TPSA) is 56.8 Å². The van der Waals surface area contributed by atoms with Crippen LogP contribution in [0.3, 0.4) is 0 Å². The fraction of sp³-hybridized carbons (Fsp3) is 0.478. The van der Waals surface area contributed by atoms with Gasteiger partial charge in [-0.2, -0.15) is 0 Å². The van der Waals surface area contributed by atoms with Crippen molar-refractivity contribution in [2.75, 3.05) is 20.3 Å². The Labute approximate surface area is 175 Å². The Kier molecular flexibility index (Phi) is 9.38. The normalized spacial score (nSPS) is 13.1. The third kappa shape index (κ3) is 7.60. The smallest absolute Gasteiger partial charge is 0.351 e. The van der Waals surface area contributed by atoms with Crippen molar-refractivity contribution in [3.05, 3.63) is 65.7 Å². The van der Waals surface area contributed by atoms with E-state index < -0.39 is 13.4 Å². The maximum absolute atomic E-state index is 14.0. The molecule has 0 saturated carbocycles. The molecule has 0 aliphatic rings. The molecule has 2 aromatic carbocycles. The molecule has 2 aromatic rings. The first kappa shape index (κ1) is 23.6. The Bertz CT molecular complexity index is 746. The third-order valence-corrected chi connectivity index (χ3v) is 6.40. The third-order valence-electron chi connectivity index (χ3n) is 4.27. The SMILES string of the molecule is COc1ccc([C@@H](NCc2ccccc2)P(=O)(OCC(C)C)OCC(C)C)cc1. The van der Waals surface area contributed by atoms with E-state index in [2.05, 4.69) is 5.32 Å². The van der Waals surface area contributed by atoms with E-state index in [0.717, 1.165) is 16.9 Å². The first-order chi connectivity index (χ1) is 13.8. The molecule has 0 saturated heterocycles. The van der Waals surface area contributed by atoms with Crippen LogP contribution >= 0.6 is 7.60 Å². The average Bonchev–Trinajstić information content (AvgIpc) is 2.72. The lowest BCUT2D eigenvalue weighted by molar-refractivity contribution is 0.163. The predicted octanol–water partition coefficient (Wildman–Crippen LogP) is 6.02. The number of rotatable bonds is 12. The van der Waals surface area contributed by atoms with E-state index in [1.165, 1.54) is 0 Å². The van der Waals surface area contributed by atoms with Crippen molar-refractivity contribution in [1.29, 1.82) is 0 Å². The summed E-state index contributed by atoms with van der Waals surface area (Å²) in [5.74, 6) is 0.663. The van der Waals surface area contributed by atoms with Crippen LogP contribution in [0, 0.1) is 11.8 Å². The number of nitrogens with one attached hydrogen (secondary N) is 1. The zero-order valence-electron chi connectivity index (χ0n) is 18.1. The van der Waals surface area contributed by atoms with Gasteiger partial charge >= 0.3 is 7.60 Å². The van der Waals surface area contributed by atoms with Crippen LogP contribution in [0.1, 0.15) is 44.6 Å². The zero-order chi connectivity index (χ0) is 21.3. The highest BCUT2D eigenvalue weighted by atomic mass is 31.2. The minimum atomic E-state index is -3.47. The molecular weight excluding hydrogens is 385 g/mol. The van der Waals surface area contributed by atoms with Gasteiger partial charge in [0.2, 0.25) is 0 Å². The van der Waals surface area contributed by atoms with Gasteiger partial charge in [-0.1, -0.05) is 70.2 Å². The van der Waals surface area contributed by atoms with Crippen molar-refractivity contribution >= 4 is 7.60 Å². The standard InChI is InChI=1S/C23H34NO4P/c1-18(2)16-27-29(25,28-17-19(3)4)23(21-11-13-22(26-5)14-12-21)24-15-20-9-7-6-8-10-20/h6-14,18-19,23-24H,15-17H2,1-5H3/t23-/m0/s1. The maximum Gasteiger partial charge on any atom is 0.351 e. The van der Waals surface area contributed by atoms with Gasteiger partial charge in [0, 0.05) is 6.54 Å². The maximum atomic E-state index is 14.0. The van der Waals surface area contributed by atoms with Crippen molar-refractivity contribution in [1.82, 2.24) is 5.32 Å². The fourth-order valence-electron chi connectivity index (χ4n) is 2.70. The minimum Gasteiger partial charge on any atom is -0.497 e.